The second kappa shape index (κ2) is 15.0. The topological polar surface area (TPSA) is 0 Å². The largest absolute Gasteiger partial charge is 0.0723 e. The average Bonchev–Trinajstić information content (AvgIpc) is 4.18. The van der Waals surface area contributed by atoms with Crippen LogP contribution in [-0.4, -0.2) is 0 Å². The number of rotatable bonds is 5. The Morgan fingerprint density at radius 3 is 0.826 bits per heavy atom. The lowest BCUT2D eigenvalue weighted by Gasteiger charge is -2.18. The highest BCUT2D eigenvalue weighted by molar-refractivity contribution is 6.22. The summed E-state index contributed by atoms with van der Waals surface area (Å²) in [5, 5.41) is 20.6. The predicted octanol–water partition coefficient (Wildman–Crippen LogP) is 17.3. The van der Waals surface area contributed by atoms with Gasteiger partial charge in [-0.05, 0) is 196 Å². The zero-order valence-corrected chi connectivity index (χ0v) is 38.0. The van der Waals surface area contributed by atoms with Crippen molar-refractivity contribution in [3.05, 3.63) is 241 Å². The van der Waals surface area contributed by atoms with E-state index < -0.39 is 0 Å². The molecule has 1 saturated carbocycles. The Morgan fingerprint density at radius 1 is 0.217 bits per heavy atom. The first-order valence-corrected chi connectivity index (χ1v) is 24.5. The van der Waals surface area contributed by atoms with Crippen LogP contribution in [0.25, 0.3) is 143 Å². The molecule has 0 amide bonds. The molecule has 0 nitrogen and oxygen atoms in total. The van der Waals surface area contributed by atoms with E-state index >= 15 is 0 Å². The Balaban J connectivity index is 0.808. The summed E-state index contributed by atoms with van der Waals surface area (Å²) >= 11 is 0. The molecule has 2 unspecified atom stereocenters. The Morgan fingerprint density at radius 2 is 0.464 bits per heavy atom. The molecule has 13 aromatic rings. The molecule has 0 radical (unpaired) electrons. The number of hydrogen-bond donors (Lipinski definition) is 0. The van der Waals surface area contributed by atoms with E-state index in [9.17, 15) is 0 Å². The molecule has 320 valence electrons. The van der Waals surface area contributed by atoms with E-state index in [1.165, 1.54) is 148 Å². The molecule has 1 fully saturated rings. The van der Waals surface area contributed by atoms with Crippen molar-refractivity contribution in [2.75, 3.05) is 0 Å². The SMILES string of the molecule is C1=c2c(-c3ccc4ccccc4c3)c3ccccc3c(-c3ccc4cc(-c5ccc6cc(-c7c8ccccc8c(-c8ccc9ccccc9c8)c8ccccc78)ccc6c5)ccc4c3)c2=CC2CC12. The monoisotopic (exact) mass is 872 g/mol. The van der Waals surface area contributed by atoms with Crippen LogP contribution in [0.3, 0.4) is 0 Å². The minimum Gasteiger partial charge on any atom is -0.0723 e. The fourth-order valence-corrected chi connectivity index (χ4v) is 12.1. The van der Waals surface area contributed by atoms with Crippen LogP contribution in [-0.2, 0) is 0 Å². The molecule has 0 heteroatoms. The van der Waals surface area contributed by atoms with E-state index in [0.717, 1.165) is 0 Å². The zero-order valence-electron chi connectivity index (χ0n) is 38.0. The lowest BCUT2D eigenvalue weighted by Crippen LogP contribution is -2.32. The molecule has 0 heterocycles. The van der Waals surface area contributed by atoms with Gasteiger partial charge in [0.1, 0.15) is 0 Å². The summed E-state index contributed by atoms with van der Waals surface area (Å²) in [6.07, 6.45) is 6.43. The van der Waals surface area contributed by atoms with Crippen molar-refractivity contribution in [1.29, 1.82) is 0 Å². The second-order valence-corrected chi connectivity index (χ2v) is 19.5. The molecule has 2 atom stereocenters. The van der Waals surface area contributed by atoms with Crippen LogP contribution >= 0.6 is 0 Å². The molecule has 69 heavy (non-hydrogen) atoms. The van der Waals surface area contributed by atoms with Gasteiger partial charge in [0.15, 0.2) is 0 Å². The Bertz CT molecular complexity index is 4420. The van der Waals surface area contributed by atoms with Gasteiger partial charge in [-0.3, -0.25) is 0 Å². The highest BCUT2D eigenvalue weighted by Crippen LogP contribution is 2.46. The molecular formula is C69H44. The smallest absolute Gasteiger partial charge is 0.00262 e. The summed E-state index contributed by atoms with van der Waals surface area (Å²) in [6, 6.07) is 86.4. The van der Waals surface area contributed by atoms with Crippen LogP contribution in [0.1, 0.15) is 6.42 Å². The third-order valence-electron chi connectivity index (χ3n) is 15.5. The Hall–Kier alpha value is -8.58. The highest BCUT2D eigenvalue weighted by atomic mass is 14.4. The first-order valence-electron chi connectivity index (χ1n) is 24.5. The van der Waals surface area contributed by atoms with E-state index in [4.69, 9.17) is 0 Å². The maximum atomic E-state index is 2.59. The molecule has 2 aliphatic rings. The van der Waals surface area contributed by atoms with E-state index in [1.54, 1.807) is 0 Å². The van der Waals surface area contributed by atoms with E-state index in [-0.39, 0.29) is 0 Å². The molecular weight excluding hydrogens is 829 g/mol. The molecule has 0 bridgehead atoms. The fourth-order valence-electron chi connectivity index (χ4n) is 12.1. The van der Waals surface area contributed by atoms with Gasteiger partial charge in [0, 0.05) is 0 Å². The summed E-state index contributed by atoms with van der Waals surface area (Å²) in [5.74, 6) is 1.27. The molecule has 2 aliphatic carbocycles. The molecule has 0 saturated heterocycles. The van der Waals surface area contributed by atoms with Gasteiger partial charge >= 0.3 is 0 Å². The first-order chi connectivity index (χ1) is 34.2. The van der Waals surface area contributed by atoms with Crippen molar-refractivity contribution >= 4 is 87.6 Å². The van der Waals surface area contributed by atoms with Crippen molar-refractivity contribution < 1.29 is 0 Å². The van der Waals surface area contributed by atoms with Crippen molar-refractivity contribution in [2.24, 2.45) is 11.8 Å². The summed E-state index contributed by atoms with van der Waals surface area (Å²) in [7, 11) is 0. The van der Waals surface area contributed by atoms with E-state index in [0.29, 0.717) is 11.8 Å². The molecule has 0 aromatic heterocycles. The van der Waals surface area contributed by atoms with E-state index in [1.807, 2.05) is 0 Å². The van der Waals surface area contributed by atoms with Crippen molar-refractivity contribution in [1.82, 2.24) is 0 Å². The summed E-state index contributed by atoms with van der Waals surface area (Å²) in [4.78, 5) is 0. The number of benzene rings is 13. The summed E-state index contributed by atoms with van der Waals surface area (Å²) < 4.78 is 0. The summed E-state index contributed by atoms with van der Waals surface area (Å²) in [6.45, 7) is 0. The minimum atomic E-state index is 0.631. The molecule has 15 rings (SSSR count). The van der Waals surface area contributed by atoms with Crippen LogP contribution in [0.2, 0.25) is 0 Å². The molecule has 0 aliphatic heterocycles. The Kier molecular flexibility index (Phi) is 8.35. The van der Waals surface area contributed by atoms with Gasteiger partial charge in [-0.25, -0.2) is 0 Å². The van der Waals surface area contributed by atoms with Gasteiger partial charge in [0.25, 0.3) is 0 Å². The lowest BCUT2D eigenvalue weighted by molar-refractivity contribution is 1.06. The van der Waals surface area contributed by atoms with Gasteiger partial charge in [-0.1, -0.05) is 206 Å². The van der Waals surface area contributed by atoms with E-state index in [2.05, 4.69) is 243 Å². The van der Waals surface area contributed by atoms with Crippen LogP contribution in [0.15, 0.2) is 231 Å². The first kappa shape index (κ1) is 38.5. The average molecular weight is 873 g/mol. The Labute approximate surface area is 400 Å². The lowest BCUT2D eigenvalue weighted by atomic mass is 9.85. The summed E-state index contributed by atoms with van der Waals surface area (Å²) in [5.41, 5.74) is 12.8. The molecule has 0 N–H and O–H groups in total. The zero-order chi connectivity index (χ0) is 45.2. The van der Waals surface area contributed by atoms with Gasteiger partial charge in [0.05, 0.1) is 0 Å². The van der Waals surface area contributed by atoms with Gasteiger partial charge in [-0.15, -0.1) is 0 Å². The highest BCUT2D eigenvalue weighted by Gasteiger charge is 2.36. The van der Waals surface area contributed by atoms with Gasteiger partial charge < -0.3 is 0 Å². The van der Waals surface area contributed by atoms with Crippen LogP contribution < -0.4 is 10.4 Å². The minimum absolute atomic E-state index is 0.631. The van der Waals surface area contributed by atoms with Gasteiger partial charge in [-0.2, -0.15) is 0 Å². The third kappa shape index (κ3) is 6.15. The third-order valence-corrected chi connectivity index (χ3v) is 15.5. The standard InChI is InChI=1S/C69H44/c1-3-13-44-35-52(29-21-42(44)11-1)66-58-15-5-7-17-60(58)67(61-18-8-6-16-59(61)66)53-31-27-48-33-46(23-25-50(48)37-53)47-24-26-51-38-55(32-28-49(51)34-47)69-63-20-10-9-19-62(63)68(64-40-56-39-57(56)41-65(64)69)54-30-22-43-12-2-4-14-45(43)36-54/h1-38,40-41,56-57H,39H2. The van der Waals surface area contributed by atoms with Crippen molar-refractivity contribution in [2.45, 2.75) is 6.42 Å². The van der Waals surface area contributed by atoms with Crippen molar-refractivity contribution in [3.63, 3.8) is 0 Å². The maximum Gasteiger partial charge on any atom is -0.00262 e. The van der Waals surface area contributed by atoms with Crippen LogP contribution in [0, 0.1) is 11.8 Å². The molecule has 0 spiro atoms. The van der Waals surface area contributed by atoms with Crippen LogP contribution in [0.5, 0.6) is 0 Å². The number of fused-ring (bicyclic) bond motifs is 9. The molecule has 13 aromatic carbocycles. The van der Waals surface area contributed by atoms with Crippen molar-refractivity contribution in [3.8, 4) is 55.6 Å². The fraction of sp³-hybridized carbons (Fsp3) is 0.0435. The number of hydrogen-bond acceptors (Lipinski definition) is 0. The second-order valence-electron chi connectivity index (χ2n) is 19.5. The van der Waals surface area contributed by atoms with Crippen LogP contribution in [0.4, 0.5) is 0 Å². The maximum absolute atomic E-state index is 2.59. The quantitative estimate of drug-likeness (QED) is 0.151. The van der Waals surface area contributed by atoms with Gasteiger partial charge in [0.2, 0.25) is 0 Å². The predicted molar refractivity (Wildman–Crippen MR) is 296 cm³/mol. The normalized spacial score (nSPS) is 15.1.